The van der Waals surface area contributed by atoms with Gasteiger partial charge in [0, 0.05) is 30.7 Å². The summed E-state index contributed by atoms with van der Waals surface area (Å²) in [6, 6.07) is 4.51. The van der Waals surface area contributed by atoms with E-state index >= 15 is 0 Å². The second-order valence-electron chi connectivity index (χ2n) is 3.98. The van der Waals surface area contributed by atoms with Crippen molar-refractivity contribution in [3.63, 3.8) is 0 Å². The molecule has 0 saturated heterocycles. The molecule has 20 heavy (non-hydrogen) atoms. The van der Waals surface area contributed by atoms with Crippen LogP contribution in [0.1, 0.15) is 18.9 Å². The average molecular weight is 306 g/mol. The smallest absolute Gasteiger partial charge is 0.387 e. The molecule has 0 amide bonds. The maximum Gasteiger partial charge on any atom is 0.387 e. The molecule has 0 radical (unpaired) electrons. The highest BCUT2D eigenvalue weighted by Crippen LogP contribution is 2.24. The molecule has 1 aromatic carbocycles. The zero-order valence-corrected chi connectivity index (χ0v) is 12.2. The minimum atomic E-state index is -2.87. The summed E-state index contributed by atoms with van der Waals surface area (Å²) in [7, 11) is 1.64. The van der Waals surface area contributed by atoms with E-state index < -0.39 is 6.61 Å². The summed E-state index contributed by atoms with van der Waals surface area (Å²) >= 11 is 5.87. The molecule has 4 nitrogen and oxygen atoms in total. The number of benzene rings is 1. The second kappa shape index (κ2) is 8.58. The first-order chi connectivity index (χ1) is 9.56. The standard InChI is InChI=1S/C13H18ClF2N3O/c1-3-6-18-13(17-2)19-8-9-7-10(14)4-5-11(9)20-12(15)16/h4-5,7,12H,3,6,8H2,1-2H3,(H2,17,18,19). The molecule has 7 heteroatoms. The van der Waals surface area contributed by atoms with E-state index in [0.717, 1.165) is 13.0 Å². The molecule has 1 aromatic rings. The predicted octanol–water partition coefficient (Wildman–Crippen LogP) is 3.02. The number of guanidine groups is 1. The van der Waals surface area contributed by atoms with Crippen LogP contribution in [0, 0.1) is 0 Å². The monoisotopic (exact) mass is 305 g/mol. The molecule has 0 spiro atoms. The van der Waals surface area contributed by atoms with Crippen LogP contribution in [0.5, 0.6) is 5.75 Å². The fraction of sp³-hybridized carbons (Fsp3) is 0.462. The molecule has 0 aromatic heterocycles. The molecular weight excluding hydrogens is 288 g/mol. The van der Waals surface area contributed by atoms with E-state index in [4.69, 9.17) is 11.6 Å². The minimum Gasteiger partial charge on any atom is -0.434 e. The zero-order valence-electron chi connectivity index (χ0n) is 11.4. The van der Waals surface area contributed by atoms with Crippen LogP contribution in [0.3, 0.4) is 0 Å². The van der Waals surface area contributed by atoms with Gasteiger partial charge in [0.05, 0.1) is 0 Å². The topological polar surface area (TPSA) is 45.7 Å². The number of rotatable bonds is 6. The van der Waals surface area contributed by atoms with Crippen molar-refractivity contribution in [1.29, 1.82) is 0 Å². The van der Waals surface area contributed by atoms with Gasteiger partial charge in [-0.05, 0) is 24.6 Å². The Kier molecular flexibility index (Phi) is 7.08. The number of alkyl halides is 2. The summed E-state index contributed by atoms with van der Waals surface area (Å²) in [5.74, 6) is 0.692. The Hall–Kier alpha value is -1.56. The van der Waals surface area contributed by atoms with Gasteiger partial charge in [0.2, 0.25) is 0 Å². The van der Waals surface area contributed by atoms with Gasteiger partial charge in [0.25, 0.3) is 0 Å². The summed E-state index contributed by atoms with van der Waals surface area (Å²) < 4.78 is 29.1. The zero-order chi connectivity index (χ0) is 15.0. The molecule has 0 fully saturated rings. The van der Waals surface area contributed by atoms with Crippen molar-refractivity contribution in [3.05, 3.63) is 28.8 Å². The number of ether oxygens (including phenoxy) is 1. The Balaban J connectivity index is 2.72. The maximum absolute atomic E-state index is 12.3. The number of halogens is 3. The summed E-state index contributed by atoms with van der Waals surface area (Å²) in [5, 5.41) is 6.56. The van der Waals surface area contributed by atoms with Gasteiger partial charge in [-0.2, -0.15) is 8.78 Å². The van der Waals surface area contributed by atoms with Crippen molar-refractivity contribution in [1.82, 2.24) is 10.6 Å². The van der Waals surface area contributed by atoms with Crippen LogP contribution in [0.2, 0.25) is 5.02 Å². The van der Waals surface area contributed by atoms with Crippen molar-refractivity contribution >= 4 is 17.6 Å². The van der Waals surface area contributed by atoms with Crippen LogP contribution in [-0.2, 0) is 6.54 Å². The molecular formula is C13H18ClF2N3O. The average Bonchev–Trinajstić information content (AvgIpc) is 2.41. The van der Waals surface area contributed by atoms with E-state index in [0.29, 0.717) is 16.5 Å². The first-order valence-electron chi connectivity index (χ1n) is 6.24. The van der Waals surface area contributed by atoms with Crippen LogP contribution in [-0.4, -0.2) is 26.2 Å². The number of nitrogens with zero attached hydrogens (tertiary/aromatic N) is 1. The Bertz CT molecular complexity index is 455. The van der Waals surface area contributed by atoms with E-state index in [1.807, 2.05) is 6.92 Å². The number of hydrogen-bond donors (Lipinski definition) is 2. The fourth-order valence-electron chi connectivity index (χ4n) is 1.54. The molecule has 0 aliphatic heterocycles. The van der Waals surface area contributed by atoms with Gasteiger partial charge in [0.15, 0.2) is 5.96 Å². The van der Waals surface area contributed by atoms with Gasteiger partial charge < -0.3 is 15.4 Å². The van der Waals surface area contributed by atoms with Crippen molar-refractivity contribution < 1.29 is 13.5 Å². The quantitative estimate of drug-likeness (QED) is 0.627. The maximum atomic E-state index is 12.3. The summed E-state index contributed by atoms with van der Waals surface area (Å²) in [6.45, 7) is 0.223. The van der Waals surface area contributed by atoms with Crippen LogP contribution in [0.15, 0.2) is 23.2 Å². The third-order valence-corrected chi connectivity index (χ3v) is 2.69. The van der Waals surface area contributed by atoms with Gasteiger partial charge in [-0.3, -0.25) is 4.99 Å². The van der Waals surface area contributed by atoms with Gasteiger partial charge >= 0.3 is 6.61 Å². The van der Waals surface area contributed by atoms with Crippen molar-refractivity contribution in [2.45, 2.75) is 26.5 Å². The van der Waals surface area contributed by atoms with E-state index in [2.05, 4.69) is 20.4 Å². The highest BCUT2D eigenvalue weighted by Gasteiger charge is 2.10. The third kappa shape index (κ3) is 5.61. The Labute approximate surface area is 122 Å². The van der Waals surface area contributed by atoms with Crippen LogP contribution >= 0.6 is 11.6 Å². The third-order valence-electron chi connectivity index (χ3n) is 2.45. The first-order valence-corrected chi connectivity index (χ1v) is 6.62. The summed E-state index contributed by atoms with van der Waals surface area (Å²) in [4.78, 5) is 4.03. The summed E-state index contributed by atoms with van der Waals surface area (Å²) in [5.41, 5.74) is 0.539. The lowest BCUT2D eigenvalue weighted by molar-refractivity contribution is -0.0504. The van der Waals surface area contributed by atoms with Crippen LogP contribution in [0.4, 0.5) is 8.78 Å². The molecule has 0 aliphatic rings. The lowest BCUT2D eigenvalue weighted by atomic mass is 10.2. The SMILES string of the molecule is CCCNC(=NC)NCc1cc(Cl)ccc1OC(F)F. The van der Waals surface area contributed by atoms with E-state index in [9.17, 15) is 8.78 Å². The Morgan fingerprint density at radius 2 is 2.15 bits per heavy atom. The lowest BCUT2D eigenvalue weighted by Crippen LogP contribution is -2.37. The van der Waals surface area contributed by atoms with Gasteiger partial charge in [0.1, 0.15) is 5.75 Å². The van der Waals surface area contributed by atoms with E-state index in [-0.39, 0.29) is 12.3 Å². The summed E-state index contributed by atoms with van der Waals surface area (Å²) in [6.07, 6.45) is 0.956. The lowest BCUT2D eigenvalue weighted by Gasteiger charge is -2.14. The van der Waals surface area contributed by atoms with Crippen molar-refractivity contribution in [2.75, 3.05) is 13.6 Å². The minimum absolute atomic E-state index is 0.0999. The number of nitrogens with one attached hydrogen (secondary N) is 2. The largest absolute Gasteiger partial charge is 0.434 e. The fourth-order valence-corrected chi connectivity index (χ4v) is 1.73. The Morgan fingerprint density at radius 3 is 2.75 bits per heavy atom. The molecule has 0 aliphatic carbocycles. The normalized spacial score (nSPS) is 11.6. The van der Waals surface area contributed by atoms with Crippen molar-refractivity contribution in [3.8, 4) is 5.75 Å². The van der Waals surface area contributed by atoms with Gasteiger partial charge in [-0.25, -0.2) is 0 Å². The molecule has 0 saturated carbocycles. The first kappa shape index (κ1) is 16.5. The number of aliphatic imine (C=N–C) groups is 1. The highest BCUT2D eigenvalue weighted by atomic mass is 35.5. The molecule has 1 rings (SSSR count). The molecule has 2 N–H and O–H groups in total. The molecule has 0 bridgehead atoms. The molecule has 0 heterocycles. The van der Waals surface area contributed by atoms with Crippen LogP contribution in [0.25, 0.3) is 0 Å². The van der Waals surface area contributed by atoms with E-state index in [1.54, 1.807) is 13.1 Å². The van der Waals surface area contributed by atoms with E-state index in [1.165, 1.54) is 12.1 Å². The Morgan fingerprint density at radius 1 is 1.40 bits per heavy atom. The molecule has 0 unspecified atom stereocenters. The van der Waals surface area contributed by atoms with Crippen molar-refractivity contribution in [2.24, 2.45) is 4.99 Å². The second-order valence-corrected chi connectivity index (χ2v) is 4.42. The van der Waals surface area contributed by atoms with Gasteiger partial charge in [-0.1, -0.05) is 18.5 Å². The van der Waals surface area contributed by atoms with Crippen LogP contribution < -0.4 is 15.4 Å². The molecule has 0 atom stereocenters. The molecule has 112 valence electrons. The van der Waals surface area contributed by atoms with Gasteiger partial charge in [-0.15, -0.1) is 0 Å². The number of hydrogen-bond acceptors (Lipinski definition) is 2. The highest BCUT2D eigenvalue weighted by molar-refractivity contribution is 6.30. The predicted molar refractivity (Wildman–Crippen MR) is 76.6 cm³/mol.